The topological polar surface area (TPSA) is 74.6 Å². The molecule has 1 aromatic rings. The van der Waals surface area contributed by atoms with E-state index in [0.29, 0.717) is 16.9 Å². The molecule has 84 valence electrons. The Morgan fingerprint density at radius 1 is 1.69 bits per heavy atom. The van der Waals surface area contributed by atoms with Gasteiger partial charge in [-0.05, 0) is 0 Å². The van der Waals surface area contributed by atoms with Gasteiger partial charge in [-0.2, -0.15) is 0 Å². The maximum Gasteiger partial charge on any atom is 0.335 e. The standard InChI is InChI=1S/C9H8BrN3O2S/c10-3-6-5(9(14)15)4-12-7(13-6)8-11-1-2-16-8/h1-2H,3-4H2,(H,12,13)(H,14,15). The van der Waals surface area contributed by atoms with Crippen LogP contribution in [0.5, 0.6) is 0 Å². The summed E-state index contributed by atoms with van der Waals surface area (Å²) in [4.78, 5) is 19.2. The zero-order valence-corrected chi connectivity index (χ0v) is 10.5. The van der Waals surface area contributed by atoms with Crippen LogP contribution in [-0.2, 0) is 4.79 Å². The van der Waals surface area contributed by atoms with E-state index in [1.54, 1.807) is 6.20 Å². The fourth-order valence-electron chi connectivity index (χ4n) is 1.28. The largest absolute Gasteiger partial charge is 0.478 e. The summed E-state index contributed by atoms with van der Waals surface area (Å²) < 4.78 is 0. The normalized spacial score (nSPS) is 15.7. The van der Waals surface area contributed by atoms with Crippen molar-refractivity contribution in [3.8, 4) is 0 Å². The molecule has 0 fully saturated rings. The van der Waals surface area contributed by atoms with Crippen LogP contribution >= 0.6 is 27.3 Å². The maximum absolute atomic E-state index is 10.9. The summed E-state index contributed by atoms with van der Waals surface area (Å²) in [5.74, 6) is -0.307. The number of carboxylic acid groups (broad SMARTS) is 1. The summed E-state index contributed by atoms with van der Waals surface area (Å²) in [6.45, 7) is 0.179. The van der Waals surface area contributed by atoms with Crippen LogP contribution in [0.2, 0.25) is 0 Å². The average molecular weight is 302 g/mol. The van der Waals surface area contributed by atoms with Gasteiger partial charge in [0, 0.05) is 22.6 Å². The third-order valence-corrected chi connectivity index (χ3v) is 3.40. The molecule has 7 heteroatoms. The molecule has 5 nitrogen and oxygen atoms in total. The Hall–Kier alpha value is -1.21. The van der Waals surface area contributed by atoms with E-state index in [-0.39, 0.29) is 12.1 Å². The summed E-state index contributed by atoms with van der Waals surface area (Å²) in [6.07, 6.45) is 1.69. The monoisotopic (exact) mass is 301 g/mol. The zero-order valence-electron chi connectivity index (χ0n) is 8.11. The lowest BCUT2D eigenvalue weighted by molar-refractivity contribution is -0.132. The molecule has 0 spiro atoms. The highest BCUT2D eigenvalue weighted by Gasteiger charge is 2.20. The number of amidine groups is 1. The van der Waals surface area contributed by atoms with E-state index in [0.717, 1.165) is 5.01 Å². The fraction of sp³-hybridized carbons (Fsp3) is 0.222. The molecule has 2 rings (SSSR count). The Kier molecular flexibility index (Phi) is 3.35. The molecule has 0 saturated heterocycles. The van der Waals surface area contributed by atoms with Gasteiger partial charge >= 0.3 is 5.97 Å². The zero-order chi connectivity index (χ0) is 11.5. The van der Waals surface area contributed by atoms with Gasteiger partial charge in [0.25, 0.3) is 0 Å². The summed E-state index contributed by atoms with van der Waals surface area (Å²) in [5.41, 5.74) is 0.921. The van der Waals surface area contributed by atoms with E-state index in [1.165, 1.54) is 11.3 Å². The number of aliphatic carboxylic acids is 1. The predicted molar refractivity (Wildman–Crippen MR) is 65.1 cm³/mol. The van der Waals surface area contributed by atoms with Crippen LogP contribution in [0.4, 0.5) is 0 Å². The molecule has 2 N–H and O–H groups in total. The quantitative estimate of drug-likeness (QED) is 0.824. The summed E-state index contributed by atoms with van der Waals surface area (Å²) in [7, 11) is 0. The molecule has 0 amide bonds. The number of hydrogen-bond acceptors (Lipinski definition) is 5. The van der Waals surface area contributed by atoms with Crippen LogP contribution in [0.1, 0.15) is 5.01 Å². The van der Waals surface area contributed by atoms with Crippen LogP contribution in [0.15, 0.2) is 27.8 Å². The van der Waals surface area contributed by atoms with Crippen LogP contribution in [0.3, 0.4) is 0 Å². The second kappa shape index (κ2) is 4.75. The van der Waals surface area contributed by atoms with Crippen molar-refractivity contribution in [1.29, 1.82) is 0 Å². The van der Waals surface area contributed by atoms with Crippen molar-refractivity contribution in [3.63, 3.8) is 0 Å². The van der Waals surface area contributed by atoms with Crippen molar-refractivity contribution in [2.75, 3.05) is 11.9 Å². The summed E-state index contributed by atoms with van der Waals surface area (Å²) >= 11 is 4.72. The highest BCUT2D eigenvalue weighted by atomic mass is 79.9. The molecule has 0 unspecified atom stereocenters. The molecule has 0 saturated carbocycles. The van der Waals surface area contributed by atoms with E-state index >= 15 is 0 Å². The van der Waals surface area contributed by atoms with Crippen molar-refractivity contribution < 1.29 is 9.90 Å². The van der Waals surface area contributed by atoms with Crippen molar-refractivity contribution in [1.82, 2.24) is 10.3 Å². The van der Waals surface area contributed by atoms with E-state index in [2.05, 4.69) is 31.2 Å². The van der Waals surface area contributed by atoms with Gasteiger partial charge in [0.15, 0.2) is 10.8 Å². The molecule has 0 atom stereocenters. The average Bonchev–Trinajstić information content (AvgIpc) is 2.81. The minimum atomic E-state index is -0.941. The second-order valence-electron chi connectivity index (χ2n) is 3.02. The molecule has 1 aliphatic rings. The Balaban J connectivity index is 2.24. The smallest absolute Gasteiger partial charge is 0.335 e. The van der Waals surface area contributed by atoms with Crippen LogP contribution in [-0.4, -0.2) is 33.8 Å². The molecule has 16 heavy (non-hydrogen) atoms. The number of nitrogens with one attached hydrogen (secondary N) is 1. The number of thiazole rings is 1. The number of carboxylic acids is 1. The number of hydrogen-bond donors (Lipinski definition) is 2. The molecule has 0 aromatic carbocycles. The Morgan fingerprint density at radius 3 is 3.06 bits per heavy atom. The van der Waals surface area contributed by atoms with Crippen LogP contribution in [0, 0.1) is 0 Å². The first-order valence-electron chi connectivity index (χ1n) is 4.45. The number of alkyl halides is 1. The van der Waals surface area contributed by atoms with E-state index in [4.69, 9.17) is 5.11 Å². The number of rotatable bonds is 3. The lowest BCUT2D eigenvalue weighted by Crippen LogP contribution is -2.32. The van der Waals surface area contributed by atoms with Crippen LogP contribution < -0.4 is 5.32 Å². The SMILES string of the molecule is O=C(O)C1=C(CBr)NC(c2nccs2)=NC1. The first-order chi connectivity index (χ1) is 7.72. The van der Waals surface area contributed by atoms with Crippen molar-refractivity contribution in [3.05, 3.63) is 27.9 Å². The minimum Gasteiger partial charge on any atom is -0.478 e. The molecule has 0 bridgehead atoms. The fourth-order valence-corrected chi connectivity index (χ4v) is 2.36. The van der Waals surface area contributed by atoms with Gasteiger partial charge in [-0.25, -0.2) is 9.78 Å². The van der Waals surface area contributed by atoms with Crippen molar-refractivity contribution in [2.24, 2.45) is 4.99 Å². The Bertz CT molecular complexity index is 467. The van der Waals surface area contributed by atoms with Crippen LogP contribution in [0.25, 0.3) is 0 Å². The first kappa shape index (κ1) is 11.3. The van der Waals surface area contributed by atoms with E-state index < -0.39 is 5.97 Å². The van der Waals surface area contributed by atoms with Gasteiger partial charge in [-0.1, -0.05) is 15.9 Å². The second-order valence-corrected chi connectivity index (χ2v) is 4.48. The number of aromatic nitrogens is 1. The number of aliphatic imine (C=N–C) groups is 1. The molecular formula is C9H8BrN3O2S. The maximum atomic E-state index is 10.9. The molecule has 0 aliphatic carbocycles. The number of nitrogens with zero attached hydrogens (tertiary/aromatic N) is 2. The third kappa shape index (κ3) is 2.14. The Morgan fingerprint density at radius 2 is 2.50 bits per heavy atom. The molecule has 1 aliphatic heterocycles. The molecular weight excluding hydrogens is 294 g/mol. The van der Waals surface area contributed by atoms with Gasteiger partial charge in [0.05, 0.1) is 12.1 Å². The Labute approximate surface area is 104 Å². The highest BCUT2D eigenvalue weighted by molar-refractivity contribution is 9.09. The van der Waals surface area contributed by atoms with E-state index in [1.807, 2.05) is 5.38 Å². The van der Waals surface area contributed by atoms with Gasteiger partial charge in [0.1, 0.15) is 0 Å². The van der Waals surface area contributed by atoms with Crippen molar-refractivity contribution in [2.45, 2.75) is 0 Å². The molecule has 2 heterocycles. The molecule has 1 aromatic heterocycles. The van der Waals surface area contributed by atoms with Gasteiger partial charge in [-0.3, -0.25) is 4.99 Å². The third-order valence-electron chi connectivity index (χ3n) is 2.06. The van der Waals surface area contributed by atoms with Gasteiger partial charge < -0.3 is 10.4 Å². The molecule has 0 radical (unpaired) electrons. The van der Waals surface area contributed by atoms with Gasteiger partial charge in [0.2, 0.25) is 0 Å². The van der Waals surface area contributed by atoms with Gasteiger partial charge in [-0.15, -0.1) is 11.3 Å². The lowest BCUT2D eigenvalue weighted by atomic mass is 10.2. The van der Waals surface area contributed by atoms with Crippen molar-refractivity contribution >= 4 is 39.1 Å². The summed E-state index contributed by atoms with van der Waals surface area (Å²) in [6, 6.07) is 0. The number of carbonyl (C=O) groups is 1. The first-order valence-corrected chi connectivity index (χ1v) is 6.45. The van der Waals surface area contributed by atoms with E-state index in [9.17, 15) is 4.79 Å². The minimum absolute atomic E-state index is 0.179. The lowest BCUT2D eigenvalue weighted by Gasteiger charge is -2.17. The number of halogens is 1. The highest BCUT2D eigenvalue weighted by Crippen LogP contribution is 2.14. The number of allylic oxidation sites excluding steroid dienone is 1. The predicted octanol–water partition coefficient (Wildman–Crippen LogP) is 1.23. The summed E-state index contributed by atoms with van der Waals surface area (Å²) in [5, 5.41) is 15.0.